The molecule has 2 N–H and O–H groups in total. The summed E-state index contributed by atoms with van der Waals surface area (Å²) in [5, 5.41) is 2.73. The molecule has 2 aliphatic heterocycles. The van der Waals surface area contributed by atoms with Gasteiger partial charge in [0.2, 0.25) is 10.0 Å². The molecule has 9 heteroatoms. The Kier molecular flexibility index (Phi) is 9.51. The smallest absolute Gasteiger partial charge is 0.407 e. The van der Waals surface area contributed by atoms with Crippen LogP contribution in [0.1, 0.15) is 55.7 Å². The maximum Gasteiger partial charge on any atom is 0.407 e. The minimum atomic E-state index is -2.80. The number of ether oxygens (including phenoxy) is 2. The van der Waals surface area contributed by atoms with Gasteiger partial charge in [0.15, 0.2) is 0 Å². The summed E-state index contributed by atoms with van der Waals surface area (Å²) in [6, 6.07) is 3.71. The van der Waals surface area contributed by atoms with E-state index in [1.807, 2.05) is 33.8 Å². The number of carbonyl (C=O) groups excluding carboxylic acids is 2. The molecule has 0 spiro atoms. The maximum atomic E-state index is 11.6. The molecule has 0 aliphatic carbocycles. The average molecular weight is 443 g/mol. The van der Waals surface area contributed by atoms with Crippen LogP contribution in [0.25, 0.3) is 0 Å². The van der Waals surface area contributed by atoms with Crippen molar-refractivity contribution in [3.05, 3.63) is 47.5 Å². The average Bonchev–Trinajstić information content (AvgIpc) is 3.23. The molecule has 1 saturated heterocycles. The van der Waals surface area contributed by atoms with Crippen LogP contribution in [0.4, 0.5) is 4.79 Å². The molecule has 1 aromatic rings. The van der Waals surface area contributed by atoms with Crippen molar-refractivity contribution in [3.8, 4) is 0 Å². The molecular formula is C21H34N2O6S. The topological polar surface area (TPSA) is 111 Å². The molecule has 1 aromatic carbocycles. The van der Waals surface area contributed by atoms with Crippen LogP contribution in [0.2, 0.25) is 0 Å². The molecule has 2 aliphatic rings. The number of cyclic esters (lactones) is 1. The molecule has 1 fully saturated rings. The molecule has 1 amide bonds. The Labute approximate surface area is 180 Å². The number of benzene rings is 1. The molecule has 170 valence electrons. The van der Waals surface area contributed by atoms with Crippen molar-refractivity contribution >= 4 is 22.1 Å². The second-order valence-corrected chi connectivity index (χ2v) is 9.62. The second-order valence-electron chi connectivity index (χ2n) is 7.70. The Morgan fingerprint density at radius 2 is 2.00 bits per heavy atom. The minimum absolute atomic E-state index is 0. The normalized spacial score (nSPS) is 16.2. The number of hydrogen-bond acceptors (Lipinski definition) is 6. The van der Waals surface area contributed by atoms with E-state index in [9.17, 15) is 18.0 Å². The number of nitrogens with one attached hydrogen (secondary N) is 2. The summed E-state index contributed by atoms with van der Waals surface area (Å²) >= 11 is 0. The van der Waals surface area contributed by atoms with Crippen LogP contribution >= 0.6 is 0 Å². The van der Waals surface area contributed by atoms with E-state index in [0.29, 0.717) is 37.4 Å². The lowest BCUT2D eigenvalue weighted by Gasteiger charge is -2.19. The fraction of sp³-hybridized carbons (Fsp3) is 0.524. The molecule has 2 heterocycles. The monoisotopic (exact) mass is 442 g/mol. The number of carbonyl (C=O) groups is 2. The molecule has 0 aromatic heterocycles. The Morgan fingerprint density at radius 3 is 2.50 bits per heavy atom. The fourth-order valence-electron chi connectivity index (χ4n) is 2.84. The number of sulfonamides is 1. The van der Waals surface area contributed by atoms with Crippen molar-refractivity contribution in [1.29, 1.82) is 0 Å². The largest absolute Gasteiger partial charge is 0.457 e. The Bertz CT molecular complexity index is 853. The van der Waals surface area contributed by atoms with Gasteiger partial charge in [0.1, 0.15) is 12.2 Å². The zero-order valence-electron chi connectivity index (χ0n) is 18.2. The van der Waals surface area contributed by atoms with Gasteiger partial charge in [0.25, 0.3) is 0 Å². The van der Waals surface area contributed by atoms with Crippen LogP contribution in [0, 0.1) is 6.92 Å². The van der Waals surface area contributed by atoms with E-state index in [1.54, 1.807) is 6.07 Å². The highest BCUT2D eigenvalue weighted by Crippen LogP contribution is 2.25. The van der Waals surface area contributed by atoms with Crippen molar-refractivity contribution in [3.63, 3.8) is 0 Å². The van der Waals surface area contributed by atoms with Gasteiger partial charge in [-0.15, -0.1) is 13.2 Å². The van der Waals surface area contributed by atoms with Crippen molar-refractivity contribution in [2.75, 3.05) is 18.8 Å². The Hall–Kier alpha value is -2.39. The first-order chi connectivity index (χ1) is 14.0. The lowest BCUT2D eigenvalue weighted by atomic mass is 9.97. The first kappa shape index (κ1) is 25.6. The zero-order chi connectivity index (χ0) is 22.9. The summed E-state index contributed by atoms with van der Waals surface area (Å²) in [4.78, 5) is 23.0. The summed E-state index contributed by atoms with van der Waals surface area (Å²) in [5.74, 6) is 0.0547. The number of fused-ring (bicyclic) bond motifs is 1. The maximum absolute atomic E-state index is 11.6. The van der Waals surface area contributed by atoms with Gasteiger partial charge in [-0.1, -0.05) is 6.07 Å². The van der Waals surface area contributed by atoms with Crippen molar-refractivity contribution < 1.29 is 28.9 Å². The molecule has 3 rings (SSSR count). The summed E-state index contributed by atoms with van der Waals surface area (Å²) in [6.45, 7) is 14.9. The van der Waals surface area contributed by atoms with E-state index < -0.39 is 21.7 Å². The van der Waals surface area contributed by atoms with Crippen LogP contribution in [0.5, 0.6) is 0 Å². The highest BCUT2D eigenvalue weighted by molar-refractivity contribution is 7.89. The van der Waals surface area contributed by atoms with Crippen LogP contribution in [-0.2, 0) is 32.5 Å². The first-order valence-electron chi connectivity index (χ1n) is 9.71. The third-order valence-electron chi connectivity index (χ3n) is 4.25. The summed E-state index contributed by atoms with van der Waals surface area (Å²) in [5.41, 5.74) is 3.27. The first-order valence-corrected chi connectivity index (χ1v) is 11.4. The minimum Gasteiger partial charge on any atom is -0.457 e. The molecule has 0 saturated carbocycles. The third kappa shape index (κ3) is 8.16. The second kappa shape index (κ2) is 11.1. The lowest BCUT2D eigenvalue weighted by molar-refractivity contribution is 0.0520. The van der Waals surface area contributed by atoms with Crippen LogP contribution in [0.15, 0.2) is 25.3 Å². The Balaban J connectivity index is 0.000000758. The number of hydrogen-bond donors (Lipinski definition) is 2. The summed E-state index contributed by atoms with van der Waals surface area (Å²) < 4.78 is 33.2. The SMILES string of the molecule is C=C.Cc1c(CCNC(=O)OC(C)(C)C)ccc2c1COC2=O.O=S1(=O)CCCN1.[HH]. The number of alkyl carbamates (subject to hydrolysis) is 1. The van der Waals surface area contributed by atoms with Gasteiger partial charge in [0, 0.05) is 20.1 Å². The molecule has 30 heavy (non-hydrogen) atoms. The van der Waals surface area contributed by atoms with E-state index in [0.717, 1.165) is 23.1 Å². The molecule has 0 atom stereocenters. The fourth-order valence-corrected chi connectivity index (χ4v) is 3.97. The van der Waals surface area contributed by atoms with E-state index in [-0.39, 0.29) is 7.40 Å². The summed E-state index contributed by atoms with van der Waals surface area (Å²) in [7, 11) is -2.80. The number of rotatable bonds is 3. The van der Waals surface area contributed by atoms with Crippen LogP contribution < -0.4 is 10.0 Å². The molecule has 0 bridgehead atoms. The Morgan fingerprint density at radius 1 is 1.33 bits per heavy atom. The van der Waals surface area contributed by atoms with E-state index in [4.69, 9.17) is 9.47 Å². The van der Waals surface area contributed by atoms with Gasteiger partial charge >= 0.3 is 12.1 Å². The quantitative estimate of drug-likeness (QED) is 0.550. The summed E-state index contributed by atoms with van der Waals surface area (Å²) in [6.07, 6.45) is 1.04. The predicted octanol–water partition coefficient (Wildman–Crippen LogP) is 3.09. The van der Waals surface area contributed by atoms with Gasteiger partial charge in [0.05, 0.1) is 11.3 Å². The van der Waals surface area contributed by atoms with Crippen molar-refractivity contribution in [1.82, 2.24) is 10.0 Å². The number of amides is 1. The van der Waals surface area contributed by atoms with Gasteiger partial charge in [-0.3, -0.25) is 0 Å². The lowest BCUT2D eigenvalue weighted by Crippen LogP contribution is -2.33. The van der Waals surface area contributed by atoms with Crippen molar-refractivity contribution in [2.45, 2.75) is 52.7 Å². The van der Waals surface area contributed by atoms with E-state index >= 15 is 0 Å². The van der Waals surface area contributed by atoms with Crippen LogP contribution in [0.3, 0.4) is 0 Å². The van der Waals surface area contributed by atoms with Crippen LogP contribution in [-0.4, -0.2) is 44.9 Å². The predicted molar refractivity (Wildman–Crippen MR) is 118 cm³/mol. The highest BCUT2D eigenvalue weighted by Gasteiger charge is 2.23. The third-order valence-corrected chi connectivity index (χ3v) is 5.72. The molecular weight excluding hydrogens is 408 g/mol. The molecule has 8 nitrogen and oxygen atoms in total. The van der Waals surface area contributed by atoms with Gasteiger partial charge in [-0.2, -0.15) is 0 Å². The van der Waals surface area contributed by atoms with Gasteiger partial charge in [-0.05, 0) is 57.7 Å². The molecule has 0 radical (unpaired) electrons. The molecule has 0 unspecified atom stereocenters. The van der Waals surface area contributed by atoms with E-state index in [1.165, 1.54) is 0 Å². The van der Waals surface area contributed by atoms with Gasteiger partial charge in [-0.25, -0.2) is 22.7 Å². The van der Waals surface area contributed by atoms with E-state index in [2.05, 4.69) is 23.2 Å². The van der Waals surface area contributed by atoms with Gasteiger partial charge < -0.3 is 14.8 Å². The van der Waals surface area contributed by atoms with Crippen molar-refractivity contribution in [2.24, 2.45) is 0 Å². The zero-order valence-corrected chi connectivity index (χ0v) is 19.0. The highest BCUT2D eigenvalue weighted by atomic mass is 32.2. The standard InChI is InChI=1S/C16H21NO4.C3H7NO2S.C2H4.H2/c1-10-11(5-6-12-13(10)9-20-14(12)18)7-8-17-15(19)21-16(2,3)4;5-7(6)3-1-2-4-7;1-2;/h5-6H,7-9H2,1-4H3,(H,17,19);4H,1-3H2;1-2H2;1H. The number of esters is 1.